The summed E-state index contributed by atoms with van der Waals surface area (Å²) in [6.07, 6.45) is 5.40. The van der Waals surface area contributed by atoms with E-state index in [1.165, 1.54) is 12.3 Å². The monoisotopic (exact) mass is 300 g/mol. The Morgan fingerprint density at radius 2 is 2.18 bits per heavy atom. The highest BCUT2D eigenvalue weighted by molar-refractivity contribution is 5.94. The molecule has 1 atom stereocenters. The van der Waals surface area contributed by atoms with E-state index in [4.69, 9.17) is 4.52 Å². The molecule has 1 amide bonds. The molecule has 4 rings (SSSR count). The van der Waals surface area contributed by atoms with E-state index in [1.807, 2.05) is 0 Å². The van der Waals surface area contributed by atoms with Gasteiger partial charge in [0.2, 0.25) is 11.4 Å². The van der Waals surface area contributed by atoms with E-state index >= 15 is 0 Å². The lowest BCUT2D eigenvalue weighted by atomic mass is 10.2. The van der Waals surface area contributed by atoms with Crippen LogP contribution in [0.15, 0.2) is 27.6 Å². The Kier molecular flexibility index (Phi) is 3.06. The van der Waals surface area contributed by atoms with Crippen molar-refractivity contribution >= 4 is 5.91 Å². The molecule has 0 radical (unpaired) electrons. The second-order valence-electron chi connectivity index (χ2n) is 5.86. The molecule has 2 aromatic heterocycles. The average Bonchev–Trinajstić information content (AvgIpc) is 3.08. The van der Waals surface area contributed by atoms with Crippen molar-refractivity contribution in [2.75, 3.05) is 6.54 Å². The molecule has 0 unspecified atom stereocenters. The van der Waals surface area contributed by atoms with Crippen molar-refractivity contribution in [2.45, 2.75) is 37.6 Å². The quantitative estimate of drug-likeness (QED) is 0.929. The van der Waals surface area contributed by atoms with Crippen LogP contribution in [0.2, 0.25) is 0 Å². The zero-order valence-electron chi connectivity index (χ0n) is 12.0. The van der Waals surface area contributed by atoms with E-state index < -0.39 is 0 Å². The molecule has 1 saturated carbocycles. The molecule has 0 bridgehead atoms. The molecule has 1 aliphatic heterocycles. The summed E-state index contributed by atoms with van der Waals surface area (Å²) in [7, 11) is 0. The number of amides is 1. The zero-order chi connectivity index (χ0) is 15.1. The number of hydrogen-bond acceptors (Lipinski definition) is 5. The van der Waals surface area contributed by atoms with Crippen molar-refractivity contribution in [3.63, 3.8) is 0 Å². The van der Waals surface area contributed by atoms with E-state index in [0.717, 1.165) is 31.5 Å². The van der Waals surface area contributed by atoms with E-state index in [2.05, 4.69) is 15.1 Å². The average molecular weight is 300 g/mol. The minimum absolute atomic E-state index is 0.120. The van der Waals surface area contributed by atoms with Crippen LogP contribution >= 0.6 is 0 Å². The molecule has 0 spiro atoms. The van der Waals surface area contributed by atoms with Crippen molar-refractivity contribution in [1.82, 2.24) is 20.0 Å². The van der Waals surface area contributed by atoms with Crippen molar-refractivity contribution in [3.05, 3.63) is 46.0 Å². The number of H-pyrrole nitrogens is 1. The van der Waals surface area contributed by atoms with Crippen molar-refractivity contribution in [1.29, 1.82) is 0 Å². The molecule has 3 heterocycles. The molecule has 1 aliphatic carbocycles. The number of likely N-dealkylation sites (tertiary alicyclic amines) is 1. The molecular formula is C15H16N4O3. The molecule has 22 heavy (non-hydrogen) atoms. The lowest BCUT2D eigenvalue weighted by Crippen LogP contribution is -2.31. The first-order chi connectivity index (χ1) is 10.7. The summed E-state index contributed by atoms with van der Waals surface area (Å²) in [4.78, 5) is 32.5. The predicted octanol–water partition coefficient (Wildman–Crippen LogP) is 1.61. The van der Waals surface area contributed by atoms with Crippen LogP contribution in [0.5, 0.6) is 0 Å². The highest BCUT2D eigenvalue weighted by Crippen LogP contribution is 2.39. The van der Waals surface area contributed by atoms with Crippen LogP contribution < -0.4 is 5.56 Å². The largest absolute Gasteiger partial charge is 0.337 e. The SMILES string of the molecule is O=C(c1ccc(=O)[nH]c1)N1CCC[C@H]1c1nc(C2CC2)no1. The molecule has 2 aliphatic rings. The highest BCUT2D eigenvalue weighted by atomic mass is 16.5. The zero-order valence-corrected chi connectivity index (χ0v) is 12.0. The minimum atomic E-state index is -0.222. The number of rotatable bonds is 3. The van der Waals surface area contributed by atoms with Crippen LogP contribution in [0.3, 0.4) is 0 Å². The highest BCUT2D eigenvalue weighted by Gasteiger charge is 2.36. The number of nitrogens with one attached hydrogen (secondary N) is 1. The van der Waals surface area contributed by atoms with Crippen LogP contribution in [0.25, 0.3) is 0 Å². The lowest BCUT2D eigenvalue weighted by Gasteiger charge is -2.21. The lowest BCUT2D eigenvalue weighted by molar-refractivity contribution is 0.0709. The van der Waals surface area contributed by atoms with Crippen LogP contribution in [0.1, 0.15) is 59.7 Å². The van der Waals surface area contributed by atoms with E-state index in [-0.39, 0.29) is 17.5 Å². The van der Waals surface area contributed by atoms with Gasteiger partial charge in [-0.1, -0.05) is 5.16 Å². The van der Waals surface area contributed by atoms with Gasteiger partial charge in [-0.3, -0.25) is 9.59 Å². The van der Waals surface area contributed by atoms with E-state index in [1.54, 1.807) is 11.0 Å². The van der Waals surface area contributed by atoms with Gasteiger partial charge in [0.1, 0.15) is 6.04 Å². The molecule has 7 nitrogen and oxygen atoms in total. The number of aromatic amines is 1. The maximum Gasteiger partial charge on any atom is 0.256 e. The summed E-state index contributed by atoms with van der Waals surface area (Å²) >= 11 is 0. The summed E-state index contributed by atoms with van der Waals surface area (Å²) < 4.78 is 5.37. The Morgan fingerprint density at radius 1 is 1.32 bits per heavy atom. The maximum atomic E-state index is 12.6. The number of hydrogen-bond donors (Lipinski definition) is 1. The molecule has 2 aromatic rings. The van der Waals surface area contributed by atoms with Crippen molar-refractivity contribution in [3.8, 4) is 0 Å². The van der Waals surface area contributed by atoms with Gasteiger partial charge in [0, 0.05) is 24.7 Å². The fourth-order valence-electron chi connectivity index (χ4n) is 2.87. The Morgan fingerprint density at radius 3 is 2.91 bits per heavy atom. The summed E-state index contributed by atoms with van der Waals surface area (Å²) in [6, 6.07) is 2.73. The molecule has 2 fully saturated rings. The van der Waals surface area contributed by atoms with Gasteiger partial charge in [-0.05, 0) is 31.7 Å². The van der Waals surface area contributed by atoms with Crippen molar-refractivity contribution in [2.24, 2.45) is 0 Å². The Hall–Kier alpha value is -2.44. The topological polar surface area (TPSA) is 92.1 Å². The number of carbonyl (C=O) groups is 1. The number of aromatic nitrogens is 3. The Bertz CT molecular complexity index is 742. The first-order valence-electron chi connectivity index (χ1n) is 7.55. The second kappa shape index (κ2) is 5.08. The molecule has 114 valence electrons. The van der Waals surface area contributed by atoms with Crippen LogP contribution in [-0.2, 0) is 0 Å². The minimum Gasteiger partial charge on any atom is -0.337 e. The van der Waals surface area contributed by atoms with Gasteiger partial charge < -0.3 is 14.4 Å². The van der Waals surface area contributed by atoms with Crippen molar-refractivity contribution < 1.29 is 9.32 Å². The number of nitrogens with zero attached hydrogens (tertiary/aromatic N) is 3. The van der Waals surface area contributed by atoms with Gasteiger partial charge >= 0.3 is 0 Å². The fourth-order valence-corrected chi connectivity index (χ4v) is 2.87. The first-order valence-corrected chi connectivity index (χ1v) is 7.55. The standard InChI is InChI=1S/C15H16N4O3/c20-12-6-5-10(8-16-12)15(21)19-7-1-2-11(19)14-17-13(18-22-14)9-3-4-9/h5-6,8-9,11H,1-4,7H2,(H,16,20)/t11-/m0/s1. The third kappa shape index (κ3) is 2.32. The van der Waals surface area contributed by atoms with Gasteiger partial charge in [-0.25, -0.2) is 0 Å². The molecular weight excluding hydrogens is 284 g/mol. The molecule has 0 aromatic carbocycles. The van der Waals surface area contributed by atoms with E-state index in [9.17, 15) is 9.59 Å². The van der Waals surface area contributed by atoms with Gasteiger partial charge in [0.15, 0.2) is 5.82 Å². The summed E-state index contributed by atoms with van der Waals surface area (Å²) in [5.74, 6) is 1.60. The van der Waals surface area contributed by atoms with Gasteiger partial charge in [-0.15, -0.1) is 0 Å². The van der Waals surface area contributed by atoms with Crippen LogP contribution in [-0.4, -0.2) is 32.5 Å². The third-order valence-electron chi connectivity index (χ3n) is 4.23. The summed E-state index contributed by atoms with van der Waals surface area (Å²) in [6.45, 7) is 0.657. The molecule has 1 N–H and O–H groups in total. The number of pyridine rings is 1. The smallest absolute Gasteiger partial charge is 0.256 e. The Labute approximate surface area is 126 Å². The molecule has 7 heteroatoms. The first kappa shape index (κ1) is 13.2. The molecule has 1 saturated heterocycles. The maximum absolute atomic E-state index is 12.6. The van der Waals surface area contributed by atoms with Crippen LogP contribution in [0, 0.1) is 0 Å². The van der Waals surface area contributed by atoms with Crippen LogP contribution in [0.4, 0.5) is 0 Å². The van der Waals surface area contributed by atoms with E-state index in [0.29, 0.717) is 23.9 Å². The fraction of sp³-hybridized carbons (Fsp3) is 0.467. The third-order valence-corrected chi connectivity index (χ3v) is 4.23. The second-order valence-corrected chi connectivity index (χ2v) is 5.86. The number of carbonyl (C=O) groups excluding carboxylic acids is 1. The van der Waals surface area contributed by atoms with Gasteiger partial charge in [-0.2, -0.15) is 4.98 Å². The summed E-state index contributed by atoms with van der Waals surface area (Å²) in [5, 5.41) is 4.03. The predicted molar refractivity (Wildman–Crippen MR) is 76.3 cm³/mol. The van der Waals surface area contributed by atoms with Gasteiger partial charge in [0.05, 0.1) is 5.56 Å². The normalized spacial score (nSPS) is 21.3. The van der Waals surface area contributed by atoms with Gasteiger partial charge in [0.25, 0.3) is 5.91 Å². The summed E-state index contributed by atoms with van der Waals surface area (Å²) in [5.41, 5.74) is 0.244. The Balaban J connectivity index is 1.58.